The van der Waals surface area contributed by atoms with Crippen LogP contribution in [0.4, 0.5) is 5.00 Å². The highest BCUT2D eigenvalue weighted by molar-refractivity contribution is 7.17. The van der Waals surface area contributed by atoms with Crippen LogP contribution in [-0.2, 0) is 9.59 Å². The third kappa shape index (κ3) is 4.62. The summed E-state index contributed by atoms with van der Waals surface area (Å²) in [6.45, 7) is 7.27. The Balaban J connectivity index is 2.46. The van der Waals surface area contributed by atoms with Gasteiger partial charge in [0.25, 0.3) is 5.91 Å². The lowest BCUT2D eigenvalue weighted by Crippen LogP contribution is -2.24. The average Bonchev–Trinajstić information content (AvgIpc) is 2.90. The summed E-state index contributed by atoms with van der Waals surface area (Å²) in [6.07, 6.45) is 0.909. The highest BCUT2D eigenvalue weighted by Gasteiger charge is 2.22. The average molecular weight is 385 g/mol. The van der Waals surface area contributed by atoms with E-state index in [2.05, 4.69) is 19.2 Å². The van der Waals surface area contributed by atoms with Crippen LogP contribution in [0.5, 0.6) is 0 Å². The van der Waals surface area contributed by atoms with E-state index in [-0.39, 0.29) is 16.1 Å². The number of benzene rings is 1. The zero-order chi connectivity index (χ0) is 20.3. The number of rotatable bonds is 6. The van der Waals surface area contributed by atoms with Crippen LogP contribution in [0.25, 0.3) is 11.1 Å². The van der Waals surface area contributed by atoms with Crippen LogP contribution in [-0.4, -0.2) is 17.8 Å². The number of hydrogen-bond acceptors (Lipinski definition) is 5. The van der Waals surface area contributed by atoms with Gasteiger partial charge in [0.15, 0.2) is 0 Å². The molecule has 142 valence electrons. The molecule has 0 unspecified atom stereocenters. The van der Waals surface area contributed by atoms with Crippen LogP contribution in [0.1, 0.15) is 47.5 Å². The SMILES string of the molecule is C/C(=C\C(=O)Nc1sc(C)c(-c2ccc(C(C)C)cc2)c1C(N)=O)C(=O)[O-]. The number of thiophene rings is 1. The molecule has 0 spiro atoms. The number of anilines is 1. The number of hydrogen-bond donors (Lipinski definition) is 2. The van der Waals surface area contributed by atoms with Crippen LogP contribution < -0.4 is 16.2 Å². The van der Waals surface area contributed by atoms with Gasteiger partial charge in [-0.1, -0.05) is 38.1 Å². The smallest absolute Gasteiger partial charge is 0.252 e. The largest absolute Gasteiger partial charge is 0.545 e. The van der Waals surface area contributed by atoms with Crippen molar-refractivity contribution in [3.8, 4) is 11.1 Å². The van der Waals surface area contributed by atoms with Crippen molar-refractivity contribution in [3.63, 3.8) is 0 Å². The number of aryl methyl sites for hydroxylation is 1. The molecular weight excluding hydrogens is 364 g/mol. The first-order chi connectivity index (χ1) is 12.6. The second kappa shape index (κ2) is 8.18. The van der Waals surface area contributed by atoms with E-state index >= 15 is 0 Å². The molecule has 2 rings (SSSR count). The number of carbonyl (C=O) groups is 3. The van der Waals surface area contributed by atoms with E-state index in [1.807, 2.05) is 31.2 Å². The summed E-state index contributed by atoms with van der Waals surface area (Å²) < 4.78 is 0. The van der Waals surface area contributed by atoms with Crippen LogP contribution in [0, 0.1) is 6.92 Å². The van der Waals surface area contributed by atoms with Gasteiger partial charge in [-0.25, -0.2) is 0 Å². The number of nitrogens with one attached hydrogen (secondary N) is 1. The molecule has 27 heavy (non-hydrogen) atoms. The quantitative estimate of drug-likeness (QED) is 0.744. The maximum atomic E-state index is 12.1. The molecule has 1 aromatic carbocycles. The van der Waals surface area contributed by atoms with Gasteiger partial charge in [0.1, 0.15) is 5.00 Å². The molecule has 0 radical (unpaired) electrons. The number of aliphatic carboxylic acids is 1. The molecule has 0 saturated carbocycles. The normalized spacial score (nSPS) is 11.5. The molecule has 2 amide bonds. The van der Waals surface area contributed by atoms with Gasteiger partial charge in [-0.3, -0.25) is 9.59 Å². The van der Waals surface area contributed by atoms with Gasteiger partial charge in [-0.2, -0.15) is 0 Å². The number of amides is 2. The minimum absolute atomic E-state index is 0.211. The molecular formula is C20H21N2O4S-. The van der Waals surface area contributed by atoms with E-state index in [1.54, 1.807) is 0 Å². The van der Waals surface area contributed by atoms with Crippen molar-refractivity contribution in [2.24, 2.45) is 5.73 Å². The van der Waals surface area contributed by atoms with E-state index in [9.17, 15) is 19.5 Å². The summed E-state index contributed by atoms with van der Waals surface area (Å²) in [4.78, 5) is 35.7. The number of carboxylic acids is 1. The van der Waals surface area contributed by atoms with Crippen molar-refractivity contribution in [2.75, 3.05) is 5.32 Å². The topological polar surface area (TPSA) is 112 Å². The fourth-order valence-electron chi connectivity index (χ4n) is 2.65. The molecule has 0 aliphatic heterocycles. The Morgan fingerprint density at radius 2 is 1.78 bits per heavy atom. The molecule has 0 aliphatic carbocycles. The number of carboxylic acid groups (broad SMARTS) is 1. The molecule has 1 aromatic heterocycles. The Morgan fingerprint density at radius 3 is 2.26 bits per heavy atom. The Labute approximate surface area is 161 Å². The highest BCUT2D eigenvalue weighted by atomic mass is 32.1. The molecule has 0 saturated heterocycles. The lowest BCUT2D eigenvalue weighted by molar-refractivity contribution is -0.299. The maximum absolute atomic E-state index is 12.1. The summed E-state index contributed by atoms with van der Waals surface area (Å²) in [5.41, 5.74) is 8.22. The standard InChI is InChI=1S/C20H22N2O4S/c1-10(2)13-5-7-14(8-6-13)16-12(4)27-19(17(16)18(21)24)22-15(23)9-11(3)20(25)26/h5-10H,1-4H3,(H2,21,24)(H,22,23)(H,25,26)/p-1/b11-9+. The number of primary amides is 1. The minimum atomic E-state index is -1.44. The fourth-order valence-corrected chi connectivity index (χ4v) is 3.74. The third-order valence-corrected chi connectivity index (χ3v) is 5.12. The highest BCUT2D eigenvalue weighted by Crippen LogP contribution is 2.40. The van der Waals surface area contributed by atoms with Gasteiger partial charge in [-0.05, 0) is 36.5 Å². The molecule has 2 aromatic rings. The molecule has 1 heterocycles. The summed E-state index contributed by atoms with van der Waals surface area (Å²) in [5.74, 6) is -2.39. The molecule has 0 bridgehead atoms. The lowest BCUT2D eigenvalue weighted by atomic mass is 9.96. The lowest BCUT2D eigenvalue weighted by Gasteiger charge is -2.09. The van der Waals surface area contributed by atoms with Gasteiger partial charge >= 0.3 is 0 Å². The molecule has 6 nitrogen and oxygen atoms in total. The molecule has 3 N–H and O–H groups in total. The Morgan fingerprint density at radius 1 is 1.19 bits per heavy atom. The predicted molar refractivity (Wildman–Crippen MR) is 104 cm³/mol. The first-order valence-corrected chi connectivity index (χ1v) is 9.17. The van der Waals surface area contributed by atoms with Gasteiger partial charge in [-0.15, -0.1) is 11.3 Å². The number of nitrogens with two attached hydrogens (primary N) is 1. The summed E-state index contributed by atoms with van der Waals surface area (Å²) in [6, 6.07) is 7.82. The first-order valence-electron chi connectivity index (χ1n) is 8.36. The van der Waals surface area contributed by atoms with Crippen LogP contribution in [0.2, 0.25) is 0 Å². The first kappa shape index (κ1) is 20.4. The van der Waals surface area contributed by atoms with Gasteiger partial charge in [0, 0.05) is 16.5 Å². The summed E-state index contributed by atoms with van der Waals surface area (Å²) in [7, 11) is 0. The zero-order valence-corrected chi connectivity index (χ0v) is 16.4. The Bertz CT molecular complexity index is 924. The van der Waals surface area contributed by atoms with E-state index < -0.39 is 17.8 Å². The van der Waals surface area contributed by atoms with Crippen molar-refractivity contribution in [2.45, 2.75) is 33.6 Å². The van der Waals surface area contributed by atoms with Crippen molar-refractivity contribution in [3.05, 3.63) is 51.9 Å². The number of carbonyl (C=O) groups excluding carboxylic acids is 3. The van der Waals surface area contributed by atoms with Crippen LogP contribution in [0.3, 0.4) is 0 Å². The van der Waals surface area contributed by atoms with Crippen molar-refractivity contribution < 1.29 is 19.5 Å². The fraction of sp³-hybridized carbons (Fsp3) is 0.250. The van der Waals surface area contributed by atoms with Gasteiger partial charge < -0.3 is 21.0 Å². The summed E-state index contributed by atoms with van der Waals surface area (Å²) in [5, 5.41) is 13.6. The molecule has 0 fully saturated rings. The third-order valence-electron chi connectivity index (χ3n) is 4.10. The molecule has 0 atom stereocenters. The Kier molecular flexibility index (Phi) is 6.17. The second-order valence-electron chi connectivity index (χ2n) is 6.48. The van der Waals surface area contributed by atoms with Gasteiger partial charge in [0.05, 0.1) is 11.5 Å². The second-order valence-corrected chi connectivity index (χ2v) is 7.71. The van der Waals surface area contributed by atoms with Crippen molar-refractivity contribution in [1.29, 1.82) is 0 Å². The van der Waals surface area contributed by atoms with E-state index in [0.717, 1.165) is 16.5 Å². The molecule has 0 aliphatic rings. The van der Waals surface area contributed by atoms with E-state index in [1.165, 1.54) is 23.8 Å². The zero-order valence-electron chi connectivity index (χ0n) is 15.6. The van der Waals surface area contributed by atoms with Crippen LogP contribution >= 0.6 is 11.3 Å². The predicted octanol–water partition coefficient (Wildman–Crippen LogP) is 2.58. The molecule has 7 heteroatoms. The van der Waals surface area contributed by atoms with E-state index in [0.29, 0.717) is 11.5 Å². The summed E-state index contributed by atoms with van der Waals surface area (Å²) >= 11 is 1.21. The van der Waals surface area contributed by atoms with Gasteiger partial charge in [0.2, 0.25) is 5.91 Å². The van der Waals surface area contributed by atoms with Crippen molar-refractivity contribution in [1.82, 2.24) is 0 Å². The maximum Gasteiger partial charge on any atom is 0.252 e. The Hall–Kier alpha value is -2.93. The monoisotopic (exact) mass is 385 g/mol. The van der Waals surface area contributed by atoms with Crippen molar-refractivity contribution >= 4 is 34.1 Å². The minimum Gasteiger partial charge on any atom is -0.545 e. The van der Waals surface area contributed by atoms with E-state index in [4.69, 9.17) is 5.73 Å². The van der Waals surface area contributed by atoms with Crippen LogP contribution in [0.15, 0.2) is 35.9 Å².